The number of rotatable bonds is 2. The first-order valence-electron chi connectivity index (χ1n) is 7.62. The highest BCUT2D eigenvalue weighted by molar-refractivity contribution is 5.78. The van der Waals surface area contributed by atoms with Crippen LogP contribution in [0.25, 0.3) is 0 Å². The summed E-state index contributed by atoms with van der Waals surface area (Å²) in [7, 11) is 0. The molecule has 20 heavy (non-hydrogen) atoms. The van der Waals surface area contributed by atoms with Gasteiger partial charge in [0.25, 0.3) is 0 Å². The molecule has 108 valence electrons. The highest BCUT2D eigenvalue weighted by Crippen LogP contribution is 2.30. The van der Waals surface area contributed by atoms with Crippen LogP contribution in [0.5, 0.6) is 0 Å². The topological polar surface area (TPSA) is 49.6 Å². The molecule has 2 aliphatic rings. The molecule has 1 aromatic carbocycles. The lowest BCUT2D eigenvalue weighted by Crippen LogP contribution is -2.52. The Morgan fingerprint density at radius 1 is 1.25 bits per heavy atom. The maximum atomic E-state index is 11.8. The normalized spacial score (nSPS) is 22.6. The van der Waals surface area contributed by atoms with Gasteiger partial charge >= 0.3 is 0 Å². The van der Waals surface area contributed by atoms with E-state index in [0.717, 1.165) is 26.1 Å². The Balaban J connectivity index is 1.78. The van der Waals surface area contributed by atoms with Gasteiger partial charge in [-0.1, -0.05) is 18.2 Å². The zero-order valence-corrected chi connectivity index (χ0v) is 11.9. The standard InChI is InChI=1S/C16H23N3O/c17-11-16(20)18-9-4-7-14(12-18)19-10-3-6-13-5-1-2-8-15(13)19/h1-2,5,8,14H,3-4,6-7,9-12,17H2. The number of anilines is 1. The first-order chi connectivity index (χ1) is 9.79. The Morgan fingerprint density at radius 3 is 2.95 bits per heavy atom. The summed E-state index contributed by atoms with van der Waals surface area (Å²) >= 11 is 0. The molecule has 3 rings (SSSR count). The molecule has 0 spiro atoms. The Kier molecular flexibility index (Phi) is 3.92. The molecule has 0 radical (unpaired) electrons. The van der Waals surface area contributed by atoms with E-state index in [1.165, 1.54) is 30.5 Å². The number of piperidine rings is 1. The van der Waals surface area contributed by atoms with Crippen LogP contribution in [0.1, 0.15) is 24.8 Å². The van der Waals surface area contributed by atoms with E-state index >= 15 is 0 Å². The number of nitrogens with zero attached hydrogens (tertiary/aromatic N) is 2. The van der Waals surface area contributed by atoms with E-state index in [1.54, 1.807) is 0 Å². The number of carbonyl (C=O) groups excluding carboxylic acids is 1. The van der Waals surface area contributed by atoms with Crippen LogP contribution in [0.3, 0.4) is 0 Å². The lowest BCUT2D eigenvalue weighted by molar-refractivity contribution is -0.130. The summed E-state index contributed by atoms with van der Waals surface area (Å²) in [6, 6.07) is 9.13. The first-order valence-corrected chi connectivity index (χ1v) is 7.62. The summed E-state index contributed by atoms with van der Waals surface area (Å²) in [4.78, 5) is 16.3. The van der Waals surface area contributed by atoms with Crippen LogP contribution in [-0.2, 0) is 11.2 Å². The second-order valence-corrected chi connectivity index (χ2v) is 5.77. The van der Waals surface area contributed by atoms with Gasteiger partial charge in [-0.05, 0) is 37.3 Å². The third-order valence-electron chi connectivity index (χ3n) is 4.51. The molecule has 2 heterocycles. The van der Waals surface area contributed by atoms with Gasteiger partial charge in [0.15, 0.2) is 0 Å². The molecule has 1 fully saturated rings. The molecule has 1 atom stereocenters. The van der Waals surface area contributed by atoms with Gasteiger partial charge in [-0.3, -0.25) is 4.79 Å². The van der Waals surface area contributed by atoms with Crippen LogP contribution < -0.4 is 10.6 Å². The number of carbonyl (C=O) groups is 1. The lowest BCUT2D eigenvalue weighted by Gasteiger charge is -2.43. The van der Waals surface area contributed by atoms with Crippen molar-refractivity contribution in [2.24, 2.45) is 5.73 Å². The number of benzene rings is 1. The van der Waals surface area contributed by atoms with Crippen molar-refractivity contribution in [3.8, 4) is 0 Å². The van der Waals surface area contributed by atoms with Crippen LogP contribution in [0.15, 0.2) is 24.3 Å². The minimum absolute atomic E-state index is 0.0833. The molecule has 1 amide bonds. The minimum Gasteiger partial charge on any atom is -0.367 e. The number of para-hydroxylation sites is 1. The molecule has 4 heteroatoms. The average Bonchev–Trinajstić information content (AvgIpc) is 2.53. The third kappa shape index (κ3) is 2.52. The number of aryl methyl sites for hydroxylation is 1. The average molecular weight is 273 g/mol. The monoisotopic (exact) mass is 273 g/mol. The molecular formula is C16H23N3O. The van der Waals surface area contributed by atoms with Crippen molar-refractivity contribution in [2.45, 2.75) is 31.7 Å². The van der Waals surface area contributed by atoms with E-state index in [1.807, 2.05) is 4.90 Å². The molecule has 1 saturated heterocycles. The van der Waals surface area contributed by atoms with Crippen LogP contribution in [0.4, 0.5) is 5.69 Å². The molecule has 1 aromatic rings. The number of nitrogens with two attached hydrogens (primary N) is 1. The Bertz CT molecular complexity index is 488. The van der Waals surface area contributed by atoms with Crippen molar-refractivity contribution in [3.05, 3.63) is 29.8 Å². The van der Waals surface area contributed by atoms with E-state index in [2.05, 4.69) is 29.2 Å². The fraction of sp³-hybridized carbons (Fsp3) is 0.562. The summed E-state index contributed by atoms with van der Waals surface area (Å²) in [5.74, 6) is 0.0833. The Labute approximate surface area is 120 Å². The minimum atomic E-state index is 0.0833. The molecule has 0 aliphatic carbocycles. The number of amides is 1. The quantitative estimate of drug-likeness (QED) is 0.886. The predicted octanol–water partition coefficient (Wildman–Crippen LogP) is 1.39. The molecule has 0 saturated carbocycles. The second-order valence-electron chi connectivity index (χ2n) is 5.77. The first kappa shape index (κ1) is 13.4. The van der Waals surface area contributed by atoms with Gasteiger partial charge in [-0.25, -0.2) is 0 Å². The van der Waals surface area contributed by atoms with E-state index in [9.17, 15) is 4.79 Å². The summed E-state index contributed by atoms with van der Waals surface area (Å²) < 4.78 is 0. The molecule has 0 aromatic heterocycles. The van der Waals surface area contributed by atoms with Crippen molar-refractivity contribution >= 4 is 11.6 Å². The molecule has 1 unspecified atom stereocenters. The molecule has 0 bridgehead atoms. The van der Waals surface area contributed by atoms with Gasteiger partial charge in [0.05, 0.1) is 6.54 Å². The van der Waals surface area contributed by atoms with Crippen LogP contribution in [0.2, 0.25) is 0 Å². The zero-order valence-electron chi connectivity index (χ0n) is 11.9. The second kappa shape index (κ2) is 5.83. The largest absolute Gasteiger partial charge is 0.367 e. The van der Waals surface area contributed by atoms with Crippen LogP contribution in [0, 0.1) is 0 Å². The zero-order chi connectivity index (χ0) is 13.9. The smallest absolute Gasteiger partial charge is 0.236 e. The number of fused-ring (bicyclic) bond motifs is 1. The van der Waals surface area contributed by atoms with Gasteiger partial charge in [0.2, 0.25) is 5.91 Å². The SMILES string of the molecule is NCC(=O)N1CCCC(N2CCCc3ccccc32)C1. The molecule has 2 N–H and O–H groups in total. The van der Waals surface area contributed by atoms with Gasteiger partial charge in [0, 0.05) is 31.4 Å². The lowest BCUT2D eigenvalue weighted by atomic mass is 9.96. The van der Waals surface area contributed by atoms with E-state index in [-0.39, 0.29) is 12.5 Å². The maximum absolute atomic E-state index is 11.8. The highest BCUT2D eigenvalue weighted by atomic mass is 16.2. The highest BCUT2D eigenvalue weighted by Gasteiger charge is 2.29. The van der Waals surface area contributed by atoms with E-state index < -0.39 is 0 Å². The van der Waals surface area contributed by atoms with Crippen LogP contribution >= 0.6 is 0 Å². The Morgan fingerprint density at radius 2 is 2.10 bits per heavy atom. The fourth-order valence-electron chi connectivity index (χ4n) is 3.51. The molecule has 4 nitrogen and oxygen atoms in total. The number of hydrogen-bond acceptors (Lipinski definition) is 3. The molecular weight excluding hydrogens is 250 g/mol. The third-order valence-corrected chi connectivity index (χ3v) is 4.51. The van der Waals surface area contributed by atoms with Crippen molar-refractivity contribution in [1.82, 2.24) is 4.90 Å². The number of hydrogen-bond donors (Lipinski definition) is 1. The number of likely N-dealkylation sites (tertiary alicyclic amines) is 1. The van der Waals surface area contributed by atoms with Gasteiger partial charge in [-0.2, -0.15) is 0 Å². The fourth-order valence-corrected chi connectivity index (χ4v) is 3.51. The summed E-state index contributed by atoms with van der Waals surface area (Å²) in [5, 5.41) is 0. The van der Waals surface area contributed by atoms with E-state index in [4.69, 9.17) is 5.73 Å². The van der Waals surface area contributed by atoms with E-state index in [0.29, 0.717) is 6.04 Å². The van der Waals surface area contributed by atoms with Crippen molar-refractivity contribution < 1.29 is 4.79 Å². The van der Waals surface area contributed by atoms with Crippen molar-refractivity contribution in [2.75, 3.05) is 31.1 Å². The maximum Gasteiger partial charge on any atom is 0.236 e. The Hall–Kier alpha value is -1.55. The van der Waals surface area contributed by atoms with Crippen molar-refractivity contribution in [1.29, 1.82) is 0 Å². The van der Waals surface area contributed by atoms with Gasteiger partial charge in [0.1, 0.15) is 0 Å². The van der Waals surface area contributed by atoms with Crippen molar-refractivity contribution in [3.63, 3.8) is 0 Å². The predicted molar refractivity (Wildman–Crippen MR) is 80.8 cm³/mol. The van der Waals surface area contributed by atoms with Crippen LogP contribution in [-0.4, -0.2) is 43.0 Å². The molecule has 2 aliphatic heterocycles. The summed E-state index contributed by atoms with van der Waals surface area (Å²) in [6.07, 6.45) is 4.63. The van der Waals surface area contributed by atoms with Gasteiger partial charge in [-0.15, -0.1) is 0 Å². The van der Waals surface area contributed by atoms with Gasteiger partial charge < -0.3 is 15.5 Å². The summed E-state index contributed by atoms with van der Waals surface area (Å²) in [5.41, 5.74) is 8.31. The summed E-state index contributed by atoms with van der Waals surface area (Å²) in [6.45, 7) is 2.92.